The number of aromatic nitrogens is 1. The van der Waals surface area contributed by atoms with Crippen molar-refractivity contribution in [1.29, 1.82) is 0 Å². The van der Waals surface area contributed by atoms with Gasteiger partial charge < -0.3 is 5.11 Å². The van der Waals surface area contributed by atoms with Crippen LogP contribution in [0.1, 0.15) is 22.3 Å². The molecule has 0 amide bonds. The molecular formula is C15H17NO5S. The minimum Gasteiger partial charge on any atom is -0.494 e. The van der Waals surface area contributed by atoms with Crippen LogP contribution in [0, 0.1) is 13.8 Å². The van der Waals surface area contributed by atoms with Crippen molar-refractivity contribution in [1.82, 2.24) is 4.98 Å². The normalized spacial score (nSPS) is 11.6. The summed E-state index contributed by atoms with van der Waals surface area (Å²) in [6.07, 6.45) is 1.01. The number of pyridine rings is 1. The van der Waals surface area contributed by atoms with E-state index in [0.717, 1.165) is 11.1 Å². The standard InChI is InChI=1S/C15H17NO5S/c1-9-10(2)14(17)16-15(18)13(9)8-5-11-3-6-12(7-4-11)22(19,20)21/h3-4,6-7H,5,8H2,1-2H3,(H2,16,17,18)(H,19,20,21). The second-order valence-electron chi connectivity index (χ2n) is 5.15. The van der Waals surface area contributed by atoms with Crippen LogP contribution in [0.25, 0.3) is 0 Å². The maximum Gasteiger partial charge on any atom is 0.294 e. The molecule has 0 fully saturated rings. The van der Waals surface area contributed by atoms with Crippen LogP contribution < -0.4 is 5.56 Å². The minimum atomic E-state index is -4.19. The van der Waals surface area contributed by atoms with Gasteiger partial charge in [-0.25, -0.2) is 0 Å². The van der Waals surface area contributed by atoms with Crippen molar-refractivity contribution < 1.29 is 18.1 Å². The third-order valence-corrected chi connectivity index (χ3v) is 4.63. The summed E-state index contributed by atoms with van der Waals surface area (Å²) in [6.45, 7) is 3.51. The first-order valence-electron chi connectivity index (χ1n) is 6.68. The smallest absolute Gasteiger partial charge is 0.294 e. The average molecular weight is 323 g/mol. The Bertz CT molecular complexity index is 851. The third-order valence-electron chi connectivity index (χ3n) is 3.76. The molecule has 0 saturated heterocycles. The number of rotatable bonds is 4. The van der Waals surface area contributed by atoms with E-state index in [9.17, 15) is 18.3 Å². The number of benzene rings is 1. The Kier molecular flexibility index (Phi) is 4.39. The molecule has 22 heavy (non-hydrogen) atoms. The van der Waals surface area contributed by atoms with E-state index in [1.807, 2.05) is 0 Å². The number of hydrogen-bond acceptors (Lipinski definition) is 4. The van der Waals surface area contributed by atoms with Gasteiger partial charge in [-0.2, -0.15) is 8.42 Å². The number of aryl methyl sites for hydroxylation is 1. The van der Waals surface area contributed by atoms with Gasteiger partial charge in [0.1, 0.15) is 0 Å². The lowest BCUT2D eigenvalue weighted by atomic mass is 9.99. The summed E-state index contributed by atoms with van der Waals surface area (Å²) in [5, 5.41) is 9.56. The molecule has 0 unspecified atom stereocenters. The monoisotopic (exact) mass is 323 g/mol. The molecule has 0 saturated carbocycles. The largest absolute Gasteiger partial charge is 0.494 e. The fraction of sp³-hybridized carbons (Fsp3) is 0.267. The Balaban J connectivity index is 2.21. The molecule has 7 heteroatoms. The van der Waals surface area contributed by atoms with Gasteiger partial charge in [-0.1, -0.05) is 12.1 Å². The van der Waals surface area contributed by atoms with E-state index in [-0.39, 0.29) is 16.3 Å². The predicted octanol–water partition coefficient (Wildman–Crippen LogP) is 1.73. The Labute approximate surface area is 128 Å². The van der Waals surface area contributed by atoms with Gasteiger partial charge in [0.15, 0.2) is 5.88 Å². The summed E-state index contributed by atoms with van der Waals surface area (Å²) < 4.78 is 30.9. The molecule has 0 aliphatic heterocycles. The molecule has 2 rings (SSSR count). The summed E-state index contributed by atoms with van der Waals surface area (Å²) in [7, 11) is -4.19. The molecule has 2 aromatic rings. The maximum atomic E-state index is 11.9. The van der Waals surface area contributed by atoms with Crippen molar-refractivity contribution in [2.24, 2.45) is 0 Å². The Hall–Kier alpha value is -2.12. The Morgan fingerprint density at radius 1 is 1.05 bits per heavy atom. The van der Waals surface area contributed by atoms with E-state index in [4.69, 9.17) is 4.55 Å². The van der Waals surface area contributed by atoms with Crippen LogP contribution in [0.2, 0.25) is 0 Å². The van der Waals surface area contributed by atoms with Crippen molar-refractivity contribution in [2.45, 2.75) is 31.6 Å². The lowest BCUT2D eigenvalue weighted by molar-refractivity contribution is 0.445. The van der Waals surface area contributed by atoms with Gasteiger partial charge in [0.2, 0.25) is 0 Å². The third kappa shape index (κ3) is 3.37. The van der Waals surface area contributed by atoms with Gasteiger partial charge in [0.05, 0.1) is 4.90 Å². The van der Waals surface area contributed by atoms with E-state index in [1.54, 1.807) is 26.0 Å². The molecular weight excluding hydrogens is 306 g/mol. The van der Waals surface area contributed by atoms with Crippen LogP contribution in [-0.2, 0) is 23.0 Å². The molecule has 1 heterocycles. The van der Waals surface area contributed by atoms with Crippen molar-refractivity contribution in [3.8, 4) is 5.88 Å². The lowest BCUT2D eigenvalue weighted by Crippen LogP contribution is -2.16. The van der Waals surface area contributed by atoms with Gasteiger partial charge in [0, 0.05) is 11.1 Å². The van der Waals surface area contributed by atoms with Crippen molar-refractivity contribution in [3.05, 3.63) is 56.9 Å². The van der Waals surface area contributed by atoms with E-state index in [2.05, 4.69) is 4.98 Å². The van der Waals surface area contributed by atoms with E-state index in [0.29, 0.717) is 24.0 Å². The summed E-state index contributed by atoms with van der Waals surface area (Å²) in [4.78, 5) is 14.1. The quantitative estimate of drug-likeness (QED) is 0.743. The van der Waals surface area contributed by atoms with Gasteiger partial charge in [0.25, 0.3) is 15.7 Å². The molecule has 1 aromatic carbocycles. The van der Waals surface area contributed by atoms with Crippen molar-refractivity contribution >= 4 is 10.1 Å². The van der Waals surface area contributed by atoms with Crippen LogP contribution in [0.5, 0.6) is 5.88 Å². The molecule has 3 N–H and O–H groups in total. The highest BCUT2D eigenvalue weighted by atomic mass is 32.2. The molecule has 0 aliphatic carbocycles. The fourth-order valence-electron chi connectivity index (χ4n) is 2.25. The Morgan fingerprint density at radius 2 is 1.64 bits per heavy atom. The van der Waals surface area contributed by atoms with Crippen LogP contribution in [-0.4, -0.2) is 23.1 Å². The zero-order valence-corrected chi connectivity index (χ0v) is 13.1. The molecule has 0 atom stereocenters. The second-order valence-corrected chi connectivity index (χ2v) is 6.57. The molecule has 6 nitrogen and oxygen atoms in total. The van der Waals surface area contributed by atoms with Gasteiger partial charge in [-0.3, -0.25) is 14.3 Å². The fourth-order valence-corrected chi connectivity index (χ4v) is 2.73. The zero-order chi connectivity index (χ0) is 16.5. The van der Waals surface area contributed by atoms with Crippen LogP contribution >= 0.6 is 0 Å². The van der Waals surface area contributed by atoms with Crippen LogP contribution in [0.3, 0.4) is 0 Å². The molecule has 0 radical (unpaired) electrons. The highest BCUT2D eigenvalue weighted by molar-refractivity contribution is 7.85. The maximum absolute atomic E-state index is 11.9. The highest BCUT2D eigenvalue weighted by Crippen LogP contribution is 2.18. The summed E-state index contributed by atoms with van der Waals surface area (Å²) in [5.74, 6) is -0.122. The summed E-state index contributed by atoms with van der Waals surface area (Å²) in [5.41, 5.74) is 2.49. The number of H-pyrrole nitrogens is 1. The predicted molar refractivity (Wildman–Crippen MR) is 81.9 cm³/mol. The van der Waals surface area contributed by atoms with Gasteiger partial charge in [-0.15, -0.1) is 0 Å². The van der Waals surface area contributed by atoms with E-state index >= 15 is 0 Å². The van der Waals surface area contributed by atoms with E-state index in [1.165, 1.54) is 12.1 Å². The molecule has 1 aromatic heterocycles. The molecule has 0 bridgehead atoms. The topological polar surface area (TPSA) is 107 Å². The lowest BCUT2D eigenvalue weighted by Gasteiger charge is -2.09. The van der Waals surface area contributed by atoms with Crippen molar-refractivity contribution in [3.63, 3.8) is 0 Å². The molecule has 0 aliphatic rings. The number of nitrogens with one attached hydrogen (secondary N) is 1. The summed E-state index contributed by atoms with van der Waals surface area (Å²) >= 11 is 0. The van der Waals surface area contributed by atoms with E-state index < -0.39 is 10.1 Å². The minimum absolute atomic E-state index is 0.122. The van der Waals surface area contributed by atoms with Crippen molar-refractivity contribution in [2.75, 3.05) is 0 Å². The summed E-state index contributed by atoms with van der Waals surface area (Å²) in [6, 6.07) is 5.84. The number of aromatic hydroxyl groups is 1. The number of aromatic amines is 1. The molecule has 0 spiro atoms. The Morgan fingerprint density at radius 3 is 2.18 bits per heavy atom. The van der Waals surface area contributed by atoms with Crippen LogP contribution in [0.15, 0.2) is 34.0 Å². The first-order chi connectivity index (χ1) is 10.2. The first kappa shape index (κ1) is 16.3. The van der Waals surface area contributed by atoms with Crippen LogP contribution in [0.4, 0.5) is 0 Å². The van der Waals surface area contributed by atoms with Gasteiger partial charge >= 0.3 is 0 Å². The van der Waals surface area contributed by atoms with Gasteiger partial charge in [-0.05, 0) is 49.9 Å². The second kappa shape index (κ2) is 5.94. The molecule has 118 valence electrons. The zero-order valence-electron chi connectivity index (χ0n) is 12.3. The SMILES string of the molecule is Cc1c(O)[nH]c(=O)c(CCc2ccc(S(=O)(=O)O)cc2)c1C. The first-order valence-corrected chi connectivity index (χ1v) is 8.12. The average Bonchev–Trinajstić information content (AvgIpc) is 2.44. The number of hydrogen-bond donors (Lipinski definition) is 3. The highest BCUT2D eigenvalue weighted by Gasteiger charge is 2.12.